The highest BCUT2D eigenvalue weighted by molar-refractivity contribution is 7.45. The zero-order chi connectivity index (χ0) is 39.9. The second kappa shape index (κ2) is 39.3. The number of hydrogen-bond donors (Lipinski definition) is 0. The van der Waals surface area contributed by atoms with Gasteiger partial charge in [-0.15, -0.1) is 0 Å². The van der Waals surface area contributed by atoms with E-state index in [9.17, 15) is 14.3 Å². The third-order valence-electron chi connectivity index (χ3n) is 10.4. The third kappa shape index (κ3) is 42.6. The number of quaternary nitrogens is 1. The number of ether oxygens (including phenoxy) is 2. The molecule has 8 nitrogen and oxygen atoms in total. The summed E-state index contributed by atoms with van der Waals surface area (Å²) in [7, 11) is 1.38. The smallest absolute Gasteiger partial charge is 0.306 e. The molecule has 54 heavy (non-hydrogen) atoms. The molecule has 0 fully saturated rings. The average molecular weight is 790 g/mol. The molecule has 0 heterocycles. The molecule has 2 atom stereocenters. The highest BCUT2D eigenvalue weighted by Crippen LogP contribution is 2.38. The molecule has 0 radical (unpaired) electrons. The van der Waals surface area contributed by atoms with Gasteiger partial charge in [-0.25, -0.2) is 0 Å². The van der Waals surface area contributed by atoms with E-state index < -0.39 is 13.9 Å². The number of likely N-dealkylation sites (N-methyl/N-ethyl adjacent to an activating group) is 1. The Morgan fingerprint density at radius 1 is 0.500 bits per heavy atom. The Bertz CT molecular complexity index is 837. The average Bonchev–Trinajstić information content (AvgIpc) is 3.12. The highest BCUT2D eigenvalue weighted by atomic mass is 31.2. The number of esters is 1. The SMILES string of the molecule is CCCCCCCCCCCCCCCCCCCCC(=O)O[C@H](COCCCCCCCCCCCCCCCC)COP(=O)([O-])OCC[N+](C)(C)C. The van der Waals surface area contributed by atoms with E-state index in [4.69, 9.17) is 18.5 Å². The van der Waals surface area contributed by atoms with Crippen molar-refractivity contribution in [2.45, 2.75) is 232 Å². The highest BCUT2D eigenvalue weighted by Gasteiger charge is 2.20. The lowest BCUT2D eigenvalue weighted by Gasteiger charge is -2.28. The molecule has 324 valence electrons. The van der Waals surface area contributed by atoms with Crippen LogP contribution in [0.3, 0.4) is 0 Å². The van der Waals surface area contributed by atoms with Crippen molar-refractivity contribution in [2.24, 2.45) is 0 Å². The molecule has 0 aliphatic carbocycles. The van der Waals surface area contributed by atoms with Crippen molar-refractivity contribution in [3.05, 3.63) is 0 Å². The van der Waals surface area contributed by atoms with Gasteiger partial charge in [0.2, 0.25) is 0 Å². The normalized spacial score (nSPS) is 13.7. The summed E-state index contributed by atoms with van der Waals surface area (Å²) in [6.45, 7) is 5.47. The fourth-order valence-electron chi connectivity index (χ4n) is 6.78. The monoisotopic (exact) mass is 790 g/mol. The van der Waals surface area contributed by atoms with E-state index in [1.807, 2.05) is 21.1 Å². The van der Waals surface area contributed by atoms with Crippen molar-refractivity contribution in [1.82, 2.24) is 0 Å². The molecule has 0 rings (SSSR count). The van der Waals surface area contributed by atoms with Gasteiger partial charge in [-0.3, -0.25) is 9.36 Å². The second-order valence-electron chi connectivity index (χ2n) is 17.1. The molecule has 0 saturated carbocycles. The molecule has 0 N–H and O–H groups in total. The lowest BCUT2D eigenvalue weighted by molar-refractivity contribution is -0.870. The number of carbonyl (C=O) groups is 1. The first-order chi connectivity index (χ1) is 26.1. The molecule has 0 aromatic carbocycles. The Morgan fingerprint density at radius 3 is 1.22 bits per heavy atom. The van der Waals surface area contributed by atoms with Gasteiger partial charge in [-0.1, -0.05) is 206 Å². The van der Waals surface area contributed by atoms with Crippen molar-refractivity contribution in [3.8, 4) is 0 Å². The summed E-state index contributed by atoms with van der Waals surface area (Å²) in [4.78, 5) is 25.1. The number of phosphoric acid groups is 1. The molecule has 0 saturated heterocycles. The maximum absolute atomic E-state index is 12.7. The van der Waals surface area contributed by atoms with Crippen LogP contribution in [-0.4, -0.2) is 70.7 Å². The van der Waals surface area contributed by atoms with Gasteiger partial charge in [-0.05, 0) is 12.8 Å². The summed E-state index contributed by atoms with van der Waals surface area (Å²) in [6, 6.07) is 0. The Morgan fingerprint density at radius 2 is 0.852 bits per heavy atom. The van der Waals surface area contributed by atoms with E-state index in [1.54, 1.807) is 0 Å². The molecule has 1 unspecified atom stereocenters. The van der Waals surface area contributed by atoms with Crippen LogP contribution < -0.4 is 4.89 Å². The maximum Gasteiger partial charge on any atom is 0.306 e. The minimum Gasteiger partial charge on any atom is -0.756 e. The van der Waals surface area contributed by atoms with Gasteiger partial charge in [0.1, 0.15) is 19.3 Å². The van der Waals surface area contributed by atoms with Gasteiger partial charge < -0.3 is 27.9 Å². The summed E-state index contributed by atoms with van der Waals surface area (Å²) in [5.41, 5.74) is 0. The van der Waals surface area contributed by atoms with E-state index in [0.717, 1.165) is 32.1 Å². The Balaban J connectivity index is 4.14. The molecule has 0 spiro atoms. The van der Waals surface area contributed by atoms with Gasteiger partial charge in [0.05, 0.1) is 34.4 Å². The third-order valence-corrected chi connectivity index (χ3v) is 11.4. The molecule has 9 heteroatoms. The molecule has 0 amide bonds. The minimum atomic E-state index is -4.52. The van der Waals surface area contributed by atoms with E-state index in [0.29, 0.717) is 24.1 Å². The van der Waals surface area contributed by atoms with Crippen molar-refractivity contribution in [2.75, 3.05) is 54.1 Å². The molecular formula is C45H92NO7P. The fourth-order valence-corrected chi connectivity index (χ4v) is 7.51. The molecular weight excluding hydrogens is 697 g/mol. The standard InChI is InChI=1S/C45H92NO7P/c1-6-8-10-12-14-16-18-20-22-23-24-25-26-28-30-32-34-36-38-45(47)53-44(43-52-54(48,49)51-41-39-46(3,4)5)42-50-40-37-35-33-31-29-27-21-19-17-15-13-11-9-7-2/h44H,6-43H2,1-5H3/t44-/m1/s1. The maximum atomic E-state index is 12.7. The number of rotatable bonds is 44. The van der Waals surface area contributed by atoms with Crippen molar-refractivity contribution >= 4 is 13.8 Å². The van der Waals surface area contributed by atoms with Gasteiger partial charge in [-0.2, -0.15) is 0 Å². The number of hydrogen-bond acceptors (Lipinski definition) is 7. The summed E-state index contributed by atoms with van der Waals surface area (Å²) in [5.74, 6) is -0.327. The van der Waals surface area contributed by atoms with Crippen molar-refractivity contribution in [3.63, 3.8) is 0 Å². The summed E-state index contributed by atoms with van der Waals surface area (Å²) in [6.07, 6.45) is 41.1. The van der Waals surface area contributed by atoms with Crippen LogP contribution in [0.2, 0.25) is 0 Å². The lowest BCUT2D eigenvalue weighted by Crippen LogP contribution is -2.37. The largest absolute Gasteiger partial charge is 0.756 e. The topological polar surface area (TPSA) is 94.1 Å². The Hall–Kier alpha value is -0.500. The van der Waals surface area contributed by atoms with Crippen molar-refractivity contribution in [1.29, 1.82) is 0 Å². The zero-order valence-corrected chi connectivity index (χ0v) is 37.6. The number of carbonyl (C=O) groups excluding carboxylic acids is 1. The Kier molecular flexibility index (Phi) is 39.0. The number of phosphoric ester groups is 1. The summed E-state index contributed by atoms with van der Waals surface area (Å²) >= 11 is 0. The minimum absolute atomic E-state index is 0.0315. The fraction of sp³-hybridized carbons (Fsp3) is 0.978. The van der Waals surface area contributed by atoms with Crippen LogP contribution in [0.5, 0.6) is 0 Å². The first-order valence-electron chi connectivity index (χ1n) is 23.3. The molecule has 0 bridgehead atoms. The van der Waals surface area contributed by atoms with Crippen LogP contribution in [-0.2, 0) is 27.9 Å². The van der Waals surface area contributed by atoms with E-state index in [2.05, 4.69) is 13.8 Å². The van der Waals surface area contributed by atoms with Gasteiger partial charge in [0, 0.05) is 13.0 Å². The van der Waals surface area contributed by atoms with Crippen LogP contribution in [0, 0.1) is 0 Å². The summed E-state index contributed by atoms with van der Waals surface area (Å²) < 4.78 is 34.6. The first-order valence-corrected chi connectivity index (χ1v) is 24.7. The van der Waals surface area contributed by atoms with E-state index in [1.165, 1.54) is 173 Å². The predicted octanol–water partition coefficient (Wildman–Crippen LogP) is 13.0. The first kappa shape index (κ1) is 53.5. The summed E-state index contributed by atoms with van der Waals surface area (Å²) in [5, 5.41) is 0. The molecule has 0 aromatic heterocycles. The van der Waals surface area contributed by atoms with Crippen LogP contribution in [0.4, 0.5) is 0 Å². The predicted molar refractivity (Wildman–Crippen MR) is 227 cm³/mol. The second-order valence-corrected chi connectivity index (χ2v) is 18.5. The molecule has 0 aromatic rings. The van der Waals surface area contributed by atoms with Crippen molar-refractivity contribution < 1.29 is 37.3 Å². The van der Waals surface area contributed by atoms with Gasteiger partial charge in [0.15, 0.2) is 0 Å². The number of nitrogens with zero attached hydrogens (tertiary/aromatic N) is 1. The molecule has 0 aliphatic rings. The van der Waals surface area contributed by atoms with E-state index in [-0.39, 0.29) is 25.8 Å². The molecule has 0 aliphatic heterocycles. The van der Waals surface area contributed by atoms with Gasteiger partial charge >= 0.3 is 5.97 Å². The van der Waals surface area contributed by atoms with Crippen LogP contribution in [0.15, 0.2) is 0 Å². The zero-order valence-electron chi connectivity index (χ0n) is 36.7. The number of unbranched alkanes of at least 4 members (excludes halogenated alkanes) is 30. The van der Waals surface area contributed by atoms with Gasteiger partial charge in [0.25, 0.3) is 7.82 Å². The Labute approximate surface area is 336 Å². The lowest BCUT2D eigenvalue weighted by atomic mass is 10.0. The van der Waals surface area contributed by atoms with Crippen LogP contribution in [0.1, 0.15) is 226 Å². The quantitative estimate of drug-likeness (QED) is 0.0262. The van der Waals surface area contributed by atoms with Crippen LogP contribution in [0.25, 0.3) is 0 Å². The van der Waals surface area contributed by atoms with Crippen LogP contribution >= 0.6 is 7.82 Å². The van der Waals surface area contributed by atoms with E-state index >= 15 is 0 Å².